The average molecular weight is 832 g/mol. The first-order valence-electron chi connectivity index (χ1n) is 20.8. The summed E-state index contributed by atoms with van der Waals surface area (Å²) in [5.41, 5.74) is -2.16. The molecule has 4 saturated heterocycles. The van der Waals surface area contributed by atoms with Crippen LogP contribution >= 0.6 is 0 Å². The van der Waals surface area contributed by atoms with Crippen LogP contribution in [0.25, 0.3) is 0 Å². The number of aliphatic hydroxyl groups is 1. The summed E-state index contributed by atoms with van der Waals surface area (Å²) in [5, 5.41) is 22.9. The predicted molar refractivity (Wildman–Crippen MR) is 214 cm³/mol. The number of likely N-dealkylation sites (N-methyl/N-ethyl adjacent to an activating group) is 1. The van der Waals surface area contributed by atoms with Gasteiger partial charge in [0.05, 0.1) is 36.8 Å². The van der Waals surface area contributed by atoms with E-state index in [0.29, 0.717) is 6.42 Å². The Bertz CT molecular complexity index is 1650. The fourth-order valence-corrected chi connectivity index (χ4v) is 9.37. The zero-order valence-electron chi connectivity index (χ0n) is 36.0. The molecule has 1 aromatic rings. The van der Waals surface area contributed by atoms with Gasteiger partial charge in [0.25, 0.3) is 0 Å². The molecule has 17 heteroatoms. The number of hydrogen-bond donors (Lipinski definition) is 5. The Labute approximate surface area is 347 Å². The zero-order valence-corrected chi connectivity index (χ0v) is 36.0. The number of nitrogens with zero attached hydrogens (tertiary/aromatic N) is 1. The van der Waals surface area contributed by atoms with Gasteiger partial charge in [0.1, 0.15) is 29.7 Å². The van der Waals surface area contributed by atoms with Crippen molar-refractivity contribution in [1.29, 1.82) is 0 Å². The van der Waals surface area contributed by atoms with Gasteiger partial charge in [-0.1, -0.05) is 58.0 Å². The number of carbonyl (C=O) groups is 5. The van der Waals surface area contributed by atoms with Crippen LogP contribution in [0.4, 0.5) is 14.4 Å². The van der Waals surface area contributed by atoms with Gasteiger partial charge in [-0.15, -0.1) is 0 Å². The molecule has 0 saturated carbocycles. The van der Waals surface area contributed by atoms with Crippen LogP contribution in [0.2, 0.25) is 0 Å². The maximum Gasteiger partial charge on any atom is 0.408 e. The van der Waals surface area contributed by atoms with Crippen molar-refractivity contribution in [3.8, 4) is 0 Å². The largest absolute Gasteiger partial charge is 0.458 e. The first-order chi connectivity index (χ1) is 27.8. The molecule has 0 aliphatic carbocycles. The van der Waals surface area contributed by atoms with Crippen LogP contribution in [0.3, 0.4) is 0 Å². The quantitative estimate of drug-likeness (QED) is 0.198. The maximum absolute atomic E-state index is 14.5. The van der Waals surface area contributed by atoms with Crippen LogP contribution in [-0.2, 0) is 44.6 Å². The molecule has 4 amide bonds. The van der Waals surface area contributed by atoms with E-state index in [1.54, 1.807) is 48.5 Å². The van der Waals surface area contributed by atoms with Crippen LogP contribution in [0.1, 0.15) is 80.2 Å². The summed E-state index contributed by atoms with van der Waals surface area (Å²) in [5.74, 6) is -4.38. The van der Waals surface area contributed by atoms with Gasteiger partial charge in [-0.3, -0.25) is 9.59 Å². The molecule has 4 heterocycles. The zero-order chi connectivity index (χ0) is 43.4. The van der Waals surface area contributed by atoms with E-state index in [-0.39, 0.29) is 50.5 Å². The summed E-state index contributed by atoms with van der Waals surface area (Å²) in [4.78, 5) is 70.8. The lowest BCUT2D eigenvalue weighted by Gasteiger charge is -2.48. The molecule has 4 fully saturated rings. The van der Waals surface area contributed by atoms with E-state index >= 15 is 0 Å². The smallest absolute Gasteiger partial charge is 0.408 e. The third-order valence-corrected chi connectivity index (χ3v) is 12.6. The lowest BCUT2D eigenvalue weighted by molar-refractivity contribution is -0.299. The monoisotopic (exact) mass is 831 g/mol. The minimum absolute atomic E-state index is 0.0708. The number of ether oxygens (including phenoxy) is 6. The number of nitrogens with one attached hydrogen (secondary N) is 4. The van der Waals surface area contributed by atoms with E-state index in [9.17, 15) is 29.1 Å². The predicted octanol–water partition coefficient (Wildman–Crippen LogP) is 3.26. The Morgan fingerprint density at radius 2 is 1.69 bits per heavy atom. The fraction of sp³-hybridized carbons (Fsp3) is 0.738. The summed E-state index contributed by atoms with van der Waals surface area (Å²) in [6.45, 7) is 13.8. The summed E-state index contributed by atoms with van der Waals surface area (Å²) in [6, 6.07) is 6.82. The van der Waals surface area contributed by atoms with Crippen LogP contribution in [0.5, 0.6) is 0 Å². The van der Waals surface area contributed by atoms with Crippen molar-refractivity contribution >= 4 is 30.0 Å². The molecule has 1 unspecified atom stereocenters. The van der Waals surface area contributed by atoms with Crippen molar-refractivity contribution in [1.82, 2.24) is 26.2 Å². The summed E-state index contributed by atoms with van der Waals surface area (Å²) >= 11 is 0. The lowest BCUT2D eigenvalue weighted by Crippen LogP contribution is -2.61. The van der Waals surface area contributed by atoms with Gasteiger partial charge in [0.15, 0.2) is 11.9 Å². The number of aliphatic hydroxyl groups excluding tert-OH is 1. The Balaban J connectivity index is 1.59. The number of esters is 1. The van der Waals surface area contributed by atoms with Gasteiger partial charge in [-0.25, -0.2) is 14.4 Å². The first kappa shape index (κ1) is 46.0. The SMILES string of the molecule is CC[C@H]1OC(=O)[C@H](C)[C@H]2OCC(NC(=O)NCc3ccccc3)CNC(=O)O[C@](C)(C[C@@H](C)C(=O)[C@H](C)[C@@H]3NC(=O)O[C@]13C)[C@H](O[C@@H]1O[C@H](C)C[C@H](N(C)C)[C@H]1O)[C@H]2C. The molecule has 17 nitrogen and oxygen atoms in total. The Kier molecular flexibility index (Phi) is 14.9. The number of cyclic esters (lactones) is 1. The number of hydrogen-bond acceptors (Lipinski definition) is 13. The number of benzene rings is 1. The maximum atomic E-state index is 14.5. The fourth-order valence-electron chi connectivity index (χ4n) is 9.37. The molecular weight excluding hydrogens is 766 g/mol. The molecular formula is C42H65N5O12. The minimum Gasteiger partial charge on any atom is -0.458 e. The third-order valence-electron chi connectivity index (χ3n) is 12.6. The first-order valence-corrected chi connectivity index (χ1v) is 20.8. The van der Waals surface area contributed by atoms with Crippen LogP contribution < -0.4 is 21.3 Å². The highest BCUT2D eigenvalue weighted by Gasteiger charge is 2.58. The third kappa shape index (κ3) is 10.5. The van der Waals surface area contributed by atoms with E-state index < -0.39 is 102 Å². The Morgan fingerprint density at radius 3 is 2.36 bits per heavy atom. The van der Waals surface area contributed by atoms with E-state index in [2.05, 4.69) is 21.3 Å². The van der Waals surface area contributed by atoms with Crippen molar-refractivity contribution in [3.63, 3.8) is 0 Å². The molecule has 15 atom stereocenters. The van der Waals surface area contributed by atoms with Crippen molar-refractivity contribution in [2.75, 3.05) is 27.2 Å². The molecule has 0 radical (unpaired) electrons. The van der Waals surface area contributed by atoms with Crippen LogP contribution in [-0.4, -0.2) is 133 Å². The van der Waals surface area contributed by atoms with Crippen LogP contribution in [0, 0.1) is 23.7 Å². The molecule has 0 spiro atoms. The van der Waals surface area contributed by atoms with Gasteiger partial charge < -0.3 is 59.7 Å². The van der Waals surface area contributed by atoms with Crippen molar-refractivity contribution in [3.05, 3.63) is 35.9 Å². The van der Waals surface area contributed by atoms with Crippen molar-refractivity contribution in [2.45, 2.75) is 147 Å². The second-order valence-corrected chi connectivity index (χ2v) is 17.5. The Hall–Kier alpha value is -4.03. The standard InChI is InChI=1S/C42H65N5O12/c1-11-30-42(8)34(46-40(53)59-42)24(4)31(48)22(2)18-41(7)35(57-37-32(49)29(47(9)10)17-23(3)55-37)25(5)33(26(6)36(50)56-30)54-21-28(20-44-39(52)58-41)45-38(51)43-19-27-15-13-12-14-16-27/h12-16,22-26,28-30,32-35,37,49H,11,17-21H2,1-10H3,(H,44,52)(H,46,53)(H2,43,45,51)/t22-,23-,24+,25+,26-,28?,29+,30-,32-,33+,34+,35-,37+,41-,42-/m1/s1. The number of carbonyl (C=O) groups excluding carboxylic acids is 5. The van der Waals surface area contributed by atoms with Gasteiger partial charge >= 0.3 is 24.2 Å². The number of rotatable bonds is 7. The molecule has 59 heavy (non-hydrogen) atoms. The van der Waals surface area contributed by atoms with E-state index in [4.69, 9.17) is 28.4 Å². The van der Waals surface area contributed by atoms with Crippen molar-refractivity contribution in [2.24, 2.45) is 23.7 Å². The second-order valence-electron chi connectivity index (χ2n) is 17.5. The van der Waals surface area contributed by atoms with Crippen molar-refractivity contribution < 1.29 is 57.5 Å². The highest BCUT2D eigenvalue weighted by Crippen LogP contribution is 2.42. The molecule has 0 aromatic heterocycles. The number of Topliss-reactive ketones (excluding diaryl/α,β-unsaturated/α-hetero) is 1. The lowest BCUT2D eigenvalue weighted by atomic mass is 9.73. The summed E-state index contributed by atoms with van der Waals surface area (Å²) in [7, 11) is 3.70. The topological polar surface area (TPSA) is 212 Å². The van der Waals surface area contributed by atoms with E-state index in [0.717, 1.165) is 5.56 Å². The van der Waals surface area contributed by atoms with E-state index in [1.807, 2.05) is 56.3 Å². The van der Waals surface area contributed by atoms with Gasteiger partial charge in [-0.05, 0) is 66.6 Å². The number of ketones is 1. The summed E-state index contributed by atoms with van der Waals surface area (Å²) in [6.07, 6.45) is -6.69. The number of urea groups is 1. The number of fused-ring (bicyclic) bond motifs is 4. The normalized spacial score (nSPS) is 39.9. The van der Waals surface area contributed by atoms with Crippen LogP contribution in [0.15, 0.2) is 30.3 Å². The van der Waals surface area contributed by atoms with Gasteiger partial charge in [-0.2, -0.15) is 0 Å². The number of amides is 4. The molecule has 2 bridgehead atoms. The van der Waals surface area contributed by atoms with Gasteiger partial charge in [0, 0.05) is 36.9 Å². The highest BCUT2D eigenvalue weighted by molar-refractivity contribution is 5.85. The average Bonchev–Trinajstić information content (AvgIpc) is 3.50. The van der Waals surface area contributed by atoms with Gasteiger partial charge in [0.2, 0.25) is 0 Å². The Morgan fingerprint density at radius 1 is 1.00 bits per heavy atom. The molecule has 5 N–H and O–H groups in total. The molecule has 1 aromatic carbocycles. The highest BCUT2D eigenvalue weighted by atomic mass is 16.7. The molecule has 4 aliphatic rings. The minimum atomic E-state index is -1.63. The molecule has 4 aliphatic heterocycles. The number of alkyl carbamates (subject to hydrolysis) is 2. The summed E-state index contributed by atoms with van der Waals surface area (Å²) < 4.78 is 38.1. The molecule has 5 rings (SSSR count). The second kappa shape index (κ2) is 19.1. The van der Waals surface area contributed by atoms with E-state index in [1.165, 1.54) is 0 Å². The molecule has 330 valence electrons.